The summed E-state index contributed by atoms with van der Waals surface area (Å²) in [5.74, 6) is 0.902. The van der Waals surface area contributed by atoms with E-state index < -0.39 is 0 Å². The minimum absolute atomic E-state index is 0.555. The summed E-state index contributed by atoms with van der Waals surface area (Å²) >= 11 is 0. The standard InChI is InChI=1S/C16H23N5/c1-12-7-10-21-15(11-12)18-16(19-21)20-9-3-2-6-14(20)13-5-4-8-17-13/h7,10-11,13-14,17H,2-6,8-9H2,1H3. The average Bonchev–Trinajstić information content (AvgIpc) is 3.16. The van der Waals surface area contributed by atoms with E-state index in [2.05, 4.69) is 29.3 Å². The van der Waals surface area contributed by atoms with Crippen molar-refractivity contribution < 1.29 is 0 Å². The third-order valence-electron chi connectivity index (χ3n) is 4.85. The molecule has 2 atom stereocenters. The van der Waals surface area contributed by atoms with Crippen molar-refractivity contribution in [2.24, 2.45) is 0 Å². The first-order valence-electron chi connectivity index (χ1n) is 8.14. The number of aromatic nitrogens is 3. The van der Waals surface area contributed by atoms with Gasteiger partial charge in [0, 0.05) is 24.8 Å². The van der Waals surface area contributed by atoms with Gasteiger partial charge in [0.05, 0.1) is 0 Å². The Morgan fingerprint density at radius 2 is 2.19 bits per heavy atom. The monoisotopic (exact) mass is 285 g/mol. The van der Waals surface area contributed by atoms with E-state index in [-0.39, 0.29) is 0 Å². The topological polar surface area (TPSA) is 45.5 Å². The van der Waals surface area contributed by atoms with E-state index in [1.165, 1.54) is 37.7 Å². The summed E-state index contributed by atoms with van der Waals surface area (Å²) in [4.78, 5) is 7.21. The van der Waals surface area contributed by atoms with Crippen LogP contribution in [0.4, 0.5) is 5.95 Å². The van der Waals surface area contributed by atoms with Crippen LogP contribution in [0, 0.1) is 6.92 Å². The van der Waals surface area contributed by atoms with Crippen LogP contribution >= 0.6 is 0 Å². The Morgan fingerprint density at radius 3 is 3.05 bits per heavy atom. The van der Waals surface area contributed by atoms with Gasteiger partial charge in [-0.05, 0) is 63.3 Å². The summed E-state index contributed by atoms with van der Waals surface area (Å²) in [5.41, 5.74) is 2.18. The third kappa shape index (κ3) is 2.39. The van der Waals surface area contributed by atoms with Crippen LogP contribution in [0.2, 0.25) is 0 Å². The van der Waals surface area contributed by atoms with Crippen molar-refractivity contribution in [2.45, 2.75) is 51.1 Å². The van der Waals surface area contributed by atoms with Crippen molar-refractivity contribution in [2.75, 3.05) is 18.0 Å². The molecule has 2 fully saturated rings. The Balaban J connectivity index is 1.67. The van der Waals surface area contributed by atoms with E-state index in [4.69, 9.17) is 10.1 Å². The largest absolute Gasteiger partial charge is 0.335 e. The lowest BCUT2D eigenvalue weighted by Gasteiger charge is -2.38. The molecule has 2 aromatic rings. The van der Waals surface area contributed by atoms with Gasteiger partial charge in [-0.15, -0.1) is 5.10 Å². The van der Waals surface area contributed by atoms with Crippen LogP contribution in [-0.4, -0.2) is 39.8 Å². The maximum atomic E-state index is 4.77. The highest BCUT2D eigenvalue weighted by Gasteiger charge is 2.33. The van der Waals surface area contributed by atoms with Crippen molar-refractivity contribution >= 4 is 11.6 Å². The van der Waals surface area contributed by atoms with E-state index in [9.17, 15) is 0 Å². The average molecular weight is 285 g/mol. The normalized spacial score (nSPS) is 26.6. The second kappa shape index (κ2) is 5.30. The Morgan fingerprint density at radius 1 is 1.24 bits per heavy atom. The molecule has 2 aliphatic rings. The minimum Gasteiger partial charge on any atom is -0.335 e. The van der Waals surface area contributed by atoms with Gasteiger partial charge in [0.25, 0.3) is 0 Å². The first-order chi connectivity index (χ1) is 10.3. The molecule has 1 N–H and O–H groups in total. The second-order valence-corrected chi connectivity index (χ2v) is 6.38. The number of nitrogens with one attached hydrogen (secondary N) is 1. The zero-order chi connectivity index (χ0) is 14.2. The van der Waals surface area contributed by atoms with Crippen LogP contribution in [0.3, 0.4) is 0 Å². The summed E-state index contributed by atoms with van der Waals surface area (Å²) < 4.78 is 1.90. The minimum atomic E-state index is 0.555. The van der Waals surface area contributed by atoms with Crippen molar-refractivity contribution in [1.29, 1.82) is 0 Å². The quantitative estimate of drug-likeness (QED) is 0.918. The Bertz CT molecular complexity index is 629. The van der Waals surface area contributed by atoms with Gasteiger partial charge in [-0.1, -0.05) is 0 Å². The SMILES string of the molecule is Cc1ccn2nc(N3CCCCC3C3CCCN3)nc2c1. The third-order valence-corrected chi connectivity index (χ3v) is 4.85. The van der Waals surface area contributed by atoms with Crippen LogP contribution in [0.25, 0.3) is 5.65 Å². The molecule has 0 amide bonds. The molecule has 5 nitrogen and oxygen atoms in total. The molecular weight excluding hydrogens is 262 g/mol. The van der Waals surface area contributed by atoms with E-state index >= 15 is 0 Å². The van der Waals surface area contributed by atoms with Gasteiger partial charge < -0.3 is 10.2 Å². The highest BCUT2D eigenvalue weighted by molar-refractivity contribution is 5.47. The number of fused-ring (bicyclic) bond motifs is 1. The fraction of sp³-hybridized carbons (Fsp3) is 0.625. The van der Waals surface area contributed by atoms with Crippen LogP contribution in [-0.2, 0) is 0 Å². The van der Waals surface area contributed by atoms with Gasteiger partial charge >= 0.3 is 0 Å². The Labute approximate surface area is 125 Å². The summed E-state index contributed by atoms with van der Waals surface area (Å²) in [6.45, 7) is 4.34. The smallest absolute Gasteiger partial charge is 0.245 e. The fourth-order valence-electron chi connectivity index (χ4n) is 3.76. The highest BCUT2D eigenvalue weighted by Crippen LogP contribution is 2.27. The van der Waals surface area contributed by atoms with E-state index in [1.807, 2.05) is 10.7 Å². The van der Waals surface area contributed by atoms with E-state index in [0.29, 0.717) is 12.1 Å². The van der Waals surface area contributed by atoms with Crippen LogP contribution in [0.5, 0.6) is 0 Å². The van der Waals surface area contributed by atoms with E-state index in [1.54, 1.807) is 0 Å². The number of nitrogens with zero attached hydrogens (tertiary/aromatic N) is 4. The van der Waals surface area contributed by atoms with E-state index in [0.717, 1.165) is 24.7 Å². The predicted octanol–water partition coefficient (Wildman–Crippen LogP) is 2.15. The molecule has 112 valence electrons. The molecule has 21 heavy (non-hydrogen) atoms. The van der Waals surface area contributed by atoms with Gasteiger partial charge in [-0.2, -0.15) is 4.98 Å². The van der Waals surface area contributed by atoms with Crippen molar-refractivity contribution in [3.8, 4) is 0 Å². The number of rotatable bonds is 2. The second-order valence-electron chi connectivity index (χ2n) is 6.38. The zero-order valence-electron chi connectivity index (χ0n) is 12.6. The van der Waals surface area contributed by atoms with Crippen LogP contribution in [0.1, 0.15) is 37.7 Å². The lowest BCUT2D eigenvalue weighted by Crippen LogP contribution is -2.50. The number of hydrogen-bond acceptors (Lipinski definition) is 4. The van der Waals surface area contributed by atoms with Gasteiger partial charge in [0.1, 0.15) is 0 Å². The summed E-state index contributed by atoms with van der Waals surface area (Å²) in [6.07, 6.45) is 8.42. The molecular formula is C16H23N5. The summed E-state index contributed by atoms with van der Waals surface area (Å²) in [5, 5.41) is 8.37. The number of aryl methyl sites for hydroxylation is 1. The molecule has 0 spiro atoms. The molecule has 2 aromatic heterocycles. The van der Waals surface area contributed by atoms with Crippen LogP contribution in [0.15, 0.2) is 18.3 Å². The molecule has 0 radical (unpaired) electrons. The molecule has 5 heteroatoms. The van der Waals surface area contributed by atoms with Crippen molar-refractivity contribution in [3.63, 3.8) is 0 Å². The van der Waals surface area contributed by atoms with Gasteiger partial charge in [0.2, 0.25) is 5.95 Å². The number of piperidine rings is 1. The molecule has 2 saturated heterocycles. The number of pyridine rings is 1. The molecule has 2 unspecified atom stereocenters. The lowest BCUT2D eigenvalue weighted by atomic mass is 9.95. The molecule has 4 rings (SSSR count). The Kier molecular flexibility index (Phi) is 3.30. The maximum absolute atomic E-state index is 4.77. The highest BCUT2D eigenvalue weighted by atomic mass is 15.4. The summed E-state index contributed by atoms with van der Waals surface area (Å²) in [7, 11) is 0. The summed E-state index contributed by atoms with van der Waals surface area (Å²) in [6, 6.07) is 5.35. The zero-order valence-corrected chi connectivity index (χ0v) is 12.6. The van der Waals surface area contributed by atoms with Gasteiger partial charge in [-0.3, -0.25) is 0 Å². The Hall–Kier alpha value is -1.62. The maximum Gasteiger partial charge on any atom is 0.245 e. The van der Waals surface area contributed by atoms with Gasteiger partial charge in [0.15, 0.2) is 5.65 Å². The number of anilines is 1. The molecule has 2 aliphatic heterocycles. The molecule has 0 saturated carbocycles. The molecule has 0 bridgehead atoms. The van der Waals surface area contributed by atoms with Crippen molar-refractivity contribution in [3.05, 3.63) is 23.9 Å². The first-order valence-corrected chi connectivity index (χ1v) is 8.14. The molecule has 0 aromatic carbocycles. The van der Waals surface area contributed by atoms with Crippen LogP contribution < -0.4 is 10.2 Å². The van der Waals surface area contributed by atoms with Gasteiger partial charge in [-0.25, -0.2) is 4.52 Å². The number of hydrogen-bond donors (Lipinski definition) is 1. The van der Waals surface area contributed by atoms with Crippen molar-refractivity contribution in [1.82, 2.24) is 19.9 Å². The predicted molar refractivity (Wildman–Crippen MR) is 83.7 cm³/mol. The fourth-order valence-corrected chi connectivity index (χ4v) is 3.76. The first kappa shape index (κ1) is 13.1. The molecule has 4 heterocycles. The lowest BCUT2D eigenvalue weighted by molar-refractivity contribution is 0.374. The molecule has 0 aliphatic carbocycles.